The fourth-order valence-corrected chi connectivity index (χ4v) is 1.22. The van der Waals surface area contributed by atoms with Gasteiger partial charge in [-0.25, -0.2) is 0 Å². The van der Waals surface area contributed by atoms with E-state index in [0.29, 0.717) is 0 Å². The van der Waals surface area contributed by atoms with Gasteiger partial charge in [-0.2, -0.15) is 0 Å². The minimum atomic E-state index is -2.17. The van der Waals surface area contributed by atoms with Crippen LogP contribution in [0, 0.1) is 0 Å². The van der Waals surface area contributed by atoms with Gasteiger partial charge in [-0.05, 0) is 45.2 Å². The van der Waals surface area contributed by atoms with Crippen LogP contribution in [0.4, 0.5) is 0 Å². The lowest BCUT2D eigenvalue weighted by Crippen LogP contribution is -2.44. The lowest BCUT2D eigenvalue weighted by Gasteiger charge is -2.31. The zero-order valence-corrected chi connectivity index (χ0v) is 13.7. The second kappa shape index (κ2) is 8.31. The molecular formula is C15H26BNO5. The van der Waals surface area contributed by atoms with E-state index in [1.165, 1.54) is 10.9 Å². The van der Waals surface area contributed by atoms with Gasteiger partial charge in [-0.15, -0.1) is 0 Å². The summed E-state index contributed by atoms with van der Waals surface area (Å²) in [4.78, 5) is 0. The van der Waals surface area contributed by atoms with Crippen LogP contribution in [-0.2, 0) is 7.05 Å². The largest absolute Gasteiger partial charge is 0.631 e. The number of hydrogen-bond acceptors (Lipinski definition) is 5. The van der Waals surface area contributed by atoms with Crippen molar-refractivity contribution in [3.8, 4) is 0 Å². The van der Waals surface area contributed by atoms with E-state index in [-0.39, 0.29) is 0 Å². The van der Waals surface area contributed by atoms with E-state index in [1.54, 1.807) is 27.7 Å². The fraction of sp³-hybridized carbons (Fsp3) is 0.467. The van der Waals surface area contributed by atoms with Crippen LogP contribution in [0.3, 0.4) is 0 Å². The van der Waals surface area contributed by atoms with Crippen LogP contribution in [0.25, 0.3) is 10.9 Å². The molecule has 2 rings (SSSR count). The number of nitrogens with zero attached hydrogens (tertiary/aromatic N) is 1. The van der Waals surface area contributed by atoms with Gasteiger partial charge in [0.15, 0.2) is 0 Å². The van der Waals surface area contributed by atoms with E-state index >= 15 is 0 Å². The molecular weight excluding hydrogens is 285 g/mol. The molecule has 0 spiro atoms. The lowest BCUT2D eigenvalue weighted by molar-refractivity contribution is -0.107. The van der Waals surface area contributed by atoms with E-state index in [9.17, 15) is 0 Å². The summed E-state index contributed by atoms with van der Waals surface area (Å²) in [5.74, 6) is 0. The van der Waals surface area contributed by atoms with Crippen molar-refractivity contribution in [1.29, 1.82) is 0 Å². The van der Waals surface area contributed by atoms with Crippen molar-refractivity contribution in [1.82, 2.24) is 4.57 Å². The van der Waals surface area contributed by atoms with Crippen molar-refractivity contribution in [2.75, 3.05) is 0 Å². The quantitative estimate of drug-likeness (QED) is 0.497. The fourth-order valence-electron chi connectivity index (χ4n) is 1.22. The van der Waals surface area contributed by atoms with Crippen molar-refractivity contribution in [3.05, 3.63) is 36.5 Å². The van der Waals surface area contributed by atoms with Crippen molar-refractivity contribution in [3.63, 3.8) is 0 Å². The molecule has 1 heterocycles. The minimum absolute atomic E-state index is 1.01. The van der Waals surface area contributed by atoms with Crippen molar-refractivity contribution < 1.29 is 25.3 Å². The third kappa shape index (κ3) is 7.58. The van der Waals surface area contributed by atoms with Crippen LogP contribution < -0.4 is 0 Å². The second-order valence-corrected chi connectivity index (χ2v) is 5.95. The highest BCUT2D eigenvalue weighted by Crippen LogP contribution is 2.19. The summed E-state index contributed by atoms with van der Waals surface area (Å²) in [6.45, 7) is 6.31. The topological polar surface area (TPSA) is 106 Å². The monoisotopic (exact) mass is 311 g/mol. The molecule has 0 saturated heterocycles. The van der Waals surface area contributed by atoms with E-state index in [0.717, 1.165) is 0 Å². The van der Waals surface area contributed by atoms with Gasteiger partial charge in [0.1, 0.15) is 0 Å². The molecule has 5 N–H and O–H groups in total. The molecule has 0 atom stereocenters. The van der Waals surface area contributed by atoms with Gasteiger partial charge in [0, 0.05) is 18.8 Å². The number of aliphatic hydroxyl groups is 2. The highest BCUT2D eigenvalue weighted by molar-refractivity contribution is 6.30. The normalized spacial score (nSPS) is 11.2. The first kappa shape index (κ1) is 20.6. The number of rotatable bonds is 1. The molecule has 6 nitrogen and oxygen atoms in total. The van der Waals surface area contributed by atoms with Crippen molar-refractivity contribution in [2.24, 2.45) is 7.05 Å². The smallest absolute Gasteiger partial charge is 0.402 e. The second-order valence-electron chi connectivity index (χ2n) is 5.95. The summed E-state index contributed by atoms with van der Waals surface area (Å²) >= 11 is 0. The standard InChI is InChI=1S/C9H9N.C6H14O2.BH3O3/c1-10-7-6-8-4-2-3-5-9(8)10;1-5(2,7)6(3,4)8;2-1(3)4/h2-7H,1H3;7-8H,1-4H3;2-4H. The summed E-state index contributed by atoms with van der Waals surface area (Å²) < 4.78 is 2.12. The van der Waals surface area contributed by atoms with Crippen molar-refractivity contribution in [2.45, 2.75) is 38.9 Å². The third-order valence-electron chi connectivity index (χ3n) is 3.29. The summed E-state index contributed by atoms with van der Waals surface area (Å²) in [5.41, 5.74) is -0.720. The van der Waals surface area contributed by atoms with Crippen LogP contribution >= 0.6 is 0 Å². The van der Waals surface area contributed by atoms with Gasteiger partial charge in [0.2, 0.25) is 0 Å². The first-order valence-electron chi connectivity index (χ1n) is 6.85. The number of aryl methyl sites for hydroxylation is 1. The molecule has 0 aliphatic carbocycles. The average molecular weight is 311 g/mol. The maximum atomic E-state index is 9.10. The number of fused-ring (bicyclic) bond motifs is 1. The maximum absolute atomic E-state index is 9.10. The zero-order chi connectivity index (χ0) is 17.6. The van der Waals surface area contributed by atoms with Gasteiger partial charge < -0.3 is 29.9 Å². The van der Waals surface area contributed by atoms with E-state index in [2.05, 4.69) is 48.1 Å². The third-order valence-corrected chi connectivity index (χ3v) is 3.29. The molecule has 0 aliphatic rings. The Morgan fingerprint density at radius 2 is 1.27 bits per heavy atom. The Morgan fingerprint density at radius 3 is 1.64 bits per heavy atom. The van der Waals surface area contributed by atoms with Gasteiger partial charge >= 0.3 is 7.32 Å². The number of aromatic nitrogens is 1. The zero-order valence-electron chi connectivity index (χ0n) is 13.7. The Morgan fingerprint density at radius 1 is 0.864 bits per heavy atom. The summed E-state index contributed by atoms with van der Waals surface area (Å²) in [5, 5.41) is 41.0. The lowest BCUT2D eigenvalue weighted by atomic mass is 9.90. The Hall–Kier alpha value is -1.38. The molecule has 0 unspecified atom stereocenters. The summed E-state index contributed by atoms with van der Waals surface area (Å²) in [6, 6.07) is 10.5. The Labute approximate surface area is 131 Å². The molecule has 0 bridgehead atoms. The molecule has 22 heavy (non-hydrogen) atoms. The van der Waals surface area contributed by atoms with Gasteiger partial charge in [0.05, 0.1) is 11.2 Å². The minimum Gasteiger partial charge on any atom is -0.402 e. The number of para-hydroxylation sites is 1. The first-order chi connectivity index (χ1) is 9.86. The molecule has 0 radical (unpaired) electrons. The van der Waals surface area contributed by atoms with E-state index in [1.807, 2.05) is 0 Å². The van der Waals surface area contributed by atoms with Crippen LogP contribution in [0.15, 0.2) is 36.5 Å². The van der Waals surface area contributed by atoms with E-state index in [4.69, 9.17) is 25.3 Å². The summed E-state index contributed by atoms with van der Waals surface area (Å²) in [7, 11) is -0.109. The molecule has 7 heteroatoms. The molecule has 124 valence electrons. The first-order valence-corrected chi connectivity index (χ1v) is 6.85. The van der Waals surface area contributed by atoms with Gasteiger partial charge in [0.25, 0.3) is 0 Å². The highest BCUT2D eigenvalue weighted by Gasteiger charge is 2.31. The maximum Gasteiger partial charge on any atom is 0.631 e. The molecule has 2 aromatic rings. The number of benzene rings is 1. The molecule has 1 aromatic carbocycles. The highest BCUT2D eigenvalue weighted by atomic mass is 16.5. The van der Waals surface area contributed by atoms with E-state index < -0.39 is 18.5 Å². The Balaban J connectivity index is 0.000000332. The molecule has 0 amide bonds. The van der Waals surface area contributed by atoms with Crippen LogP contribution in [-0.4, -0.2) is 48.4 Å². The Bertz CT molecular complexity index is 540. The van der Waals surface area contributed by atoms with Crippen LogP contribution in [0.1, 0.15) is 27.7 Å². The summed E-state index contributed by atoms with van der Waals surface area (Å²) in [6.07, 6.45) is 2.07. The molecule has 1 aromatic heterocycles. The number of hydrogen-bond donors (Lipinski definition) is 5. The van der Waals surface area contributed by atoms with Crippen molar-refractivity contribution >= 4 is 18.2 Å². The predicted molar refractivity (Wildman–Crippen MR) is 87.9 cm³/mol. The molecule has 0 fully saturated rings. The van der Waals surface area contributed by atoms with Gasteiger partial charge in [-0.1, -0.05) is 18.2 Å². The average Bonchev–Trinajstić information content (AvgIpc) is 2.69. The van der Waals surface area contributed by atoms with Crippen LogP contribution in [0.2, 0.25) is 0 Å². The molecule has 0 aliphatic heterocycles. The predicted octanol–water partition coefficient (Wildman–Crippen LogP) is 0.655. The van der Waals surface area contributed by atoms with Crippen LogP contribution in [0.5, 0.6) is 0 Å². The molecule has 0 saturated carbocycles. The Kier molecular flexibility index (Phi) is 7.79. The SMILES string of the molecule is CC(C)(O)C(C)(C)O.Cn1ccc2ccccc21.OB(O)O. The van der Waals surface area contributed by atoms with Gasteiger partial charge in [-0.3, -0.25) is 0 Å².